The van der Waals surface area contributed by atoms with Crippen molar-refractivity contribution in [2.45, 2.75) is 31.4 Å². The first-order valence-corrected chi connectivity index (χ1v) is 11.6. The first-order chi connectivity index (χ1) is 15.2. The minimum absolute atomic E-state index is 0.138. The molecule has 0 atom stereocenters. The average Bonchev–Trinajstić information content (AvgIpc) is 3.20. The van der Waals surface area contributed by atoms with E-state index in [-0.39, 0.29) is 12.2 Å². The van der Waals surface area contributed by atoms with Crippen molar-refractivity contribution in [3.05, 3.63) is 35.4 Å². The minimum atomic E-state index is -5.59. The van der Waals surface area contributed by atoms with E-state index in [1.807, 2.05) is 12.1 Å². The van der Waals surface area contributed by atoms with Gasteiger partial charge in [0.05, 0.1) is 19.9 Å². The monoisotopic (exact) mass is 471 g/mol. The number of anilines is 2. The standard InChI is InChI=1S/C21H24F3N3O4S/c1-30-17-7-5-15(26-32(28,29)21(22,23)24)13-11-25-12-14-16(27-9-3-4-10-27)6-8-18(31-2)20(14)19(13)17/h5-8,25-26H,3-4,9-12H2,1-2H3. The summed E-state index contributed by atoms with van der Waals surface area (Å²) in [7, 11) is -2.61. The molecule has 0 amide bonds. The van der Waals surface area contributed by atoms with Gasteiger partial charge in [0.2, 0.25) is 0 Å². The molecule has 7 nitrogen and oxygen atoms in total. The summed E-state index contributed by atoms with van der Waals surface area (Å²) in [5.41, 5.74) is -2.10. The van der Waals surface area contributed by atoms with Gasteiger partial charge in [0.25, 0.3) is 0 Å². The lowest BCUT2D eigenvalue weighted by Crippen LogP contribution is -2.30. The van der Waals surface area contributed by atoms with Gasteiger partial charge in [-0.05, 0) is 37.1 Å². The fourth-order valence-electron chi connectivity index (χ4n) is 4.36. The van der Waals surface area contributed by atoms with Crippen LogP contribution in [0.15, 0.2) is 24.3 Å². The predicted molar refractivity (Wildman–Crippen MR) is 116 cm³/mol. The molecule has 0 radical (unpaired) electrons. The molecule has 2 aromatic rings. The van der Waals surface area contributed by atoms with Crippen LogP contribution in [0.25, 0.3) is 11.1 Å². The van der Waals surface area contributed by atoms with E-state index in [1.165, 1.54) is 26.4 Å². The lowest BCUT2D eigenvalue weighted by atomic mass is 9.92. The molecule has 0 saturated carbocycles. The zero-order valence-corrected chi connectivity index (χ0v) is 18.5. The number of nitrogens with zero attached hydrogens (tertiary/aromatic N) is 1. The second-order valence-corrected chi connectivity index (χ2v) is 9.33. The van der Waals surface area contributed by atoms with Crippen molar-refractivity contribution < 1.29 is 31.1 Å². The van der Waals surface area contributed by atoms with Crippen molar-refractivity contribution in [1.29, 1.82) is 0 Å². The third kappa shape index (κ3) is 3.83. The molecule has 32 heavy (non-hydrogen) atoms. The number of rotatable bonds is 5. The maximum atomic E-state index is 13.0. The van der Waals surface area contributed by atoms with Crippen LogP contribution in [-0.2, 0) is 23.1 Å². The summed E-state index contributed by atoms with van der Waals surface area (Å²) in [5.74, 6) is 0.943. The van der Waals surface area contributed by atoms with E-state index in [4.69, 9.17) is 9.47 Å². The summed E-state index contributed by atoms with van der Waals surface area (Å²) < 4.78 is 75.6. The van der Waals surface area contributed by atoms with Gasteiger partial charge in [0.1, 0.15) is 11.5 Å². The number of halogens is 3. The molecule has 174 valence electrons. The number of alkyl halides is 3. The van der Waals surface area contributed by atoms with E-state index >= 15 is 0 Å². The van der Waals surface area contributed by atoms with Crippen LogP contribution in [-0.4, -0.2) is 41.2 Å². The Kier molecular flexibility index (Phi) is 5.89. The van der Waals surface area contributed by atoms with E-state index in [2.05, 4.69) is 10.2 Å². The van der Waals surface area contributed by atoms with E-state index < -0.39 is 15.5 Å². The minimum Gasteiger partial charge on any atom is -0.496 e. The van der Waals surface area contributed by atoms with Crippen LogP contribution in [0.1, 0.15) is 24.0 Å². The first-order valence-electron chi connectivity index (χ1n) is 10.1. The molecule has 11 heteroatoms. The highest BCUT2D eigenvalue weighted by atomic mass is 32.2. The Balaban J connectivity index is 1.96. The molecule has 2 heterocycles. The van der Waals surface area contributed by atoms with Crippen molar-refractivity contribution in [1.82, 2.24) is 5.32 Å². The zero-order chi connectivity index (χ0) is 23.1. The smallest absolute Gasteiger partial charge is 0.496 e. The molecular weight excluding hydrogens is 447 g/mol. The molecule has 1 fully saturated rings. The fraction of sp³-hybridized carbons (Fsp3) is 0.429. The van der Waals surface area contributed by atoms with Crippen LogP contribution >= 0.6 is 0 Å². The van der Waals surface area contributed by atoms with Crippen molar-refractivity contribution in [3.8, 4) is 22.6 Å². The van der Waals surface area contributed by atoms with Gasteiger partial charge in [0, 0.05) is 54.1 Å². The molecule has 0 aliphatic carbocycles. The number of benzene rings is 2. The summed E-state index contributed by atoms with van der Waals surface area (Å²) in [4.78, 5) is 2.27. The third-order valence-corrected chi connectivity index (χ3v) is 6.91. The molecule has 1 saturated heterocycles. The second kappa shape index (κ2) is 8.36. The molecule has 0 bridgehead atoms. The summed E-state index contributed by atoms with van der Waals surface area (Å²) in [6.07, 6.45) is 2.16. The highest BCUT2D eigenvalue weighted by Gasteiger charge is 2.46. The third-order valence-electron chi connectivity index (χ3n) is 5.81. The number of sulfonamides is 1. The Labute approximate surface area is 184 Å². The van der Waals surface area contributed by atoms with Gasteiger partial charge >= 0.3 is 15.5 Å². The average molecular weight is 472 g/mol. The second-order valence-electron chi connectivity index (χ2n) is 7.66. The molecule has 2 aliphatic rings. The normalized spacial score (nSPS) is 16.2. The Morgan fingerprint density at radius 3 is 2.09 bits per heavy atom. The van der Waals surface area contributed by atoms with E-state index in [9.17, 15) is 21.6 Å². The Morgan fingerprint density at radius 1 is 0.938 bits per heavy atom. The first kappa shape index (κ1) is 22.5. The molecule has 2 aliphatic heterocycles. The predicted octanol–water partition coefficient (Wildman–Crippen LogP) is 3.84. The summed E-state index contributed by atoms with van der Waals surface area (Å²) >= 11 is 0. The summed E-state index contributed by atoms with van der Waals surface area (Å²) in [6, 6.07) is 6.56. The van der Waals surface area contributed by atoms with Crippen molar-refractivity contribution >= 4 is 21.4 Å². The zero-order valence-electron chi connectivity index (χ0n) is 17.7. The fourth-order valence-corrected chi connectivity index (χ4v) is 4.95. The number of fused-ring (bicyclic) bond motifs is 3. The van der Waals surface area contributed by atoms with Crippen LogP contribution in [0, 0.1) is 0 Å². The molecule has 0 spiro atoms. The molecular formula is C21H24F3N3O4S. The SMILES string of the molecule is COc1ccc(NS(=O)(=O)C(F)(F)F)c2c1-c1c(OC)ccc(N3CCCC3)c1CNC2. The molecule has 0 aromatic heterocycles. The maximum absolute atomic E-state index is 13.0. The number of hydrogen-bond acceptors (Lipinski definition) is 6. The van der Waals surface area contributed by atoms with E-state index in [0.717, 1.165) is 37.2 Å². The van der Waals surface area contributed by atoms with Crippen LogP contribution in [0.4, 0.5) is 24.5 Å². The lowest BCUT2D eigenvalue weighted by Gasteiger charge is -2.25. The molecule has 2 N–H and O–H groups in total. The van der Waals surface area contributed by atoms with Crippen LogP contribution < -0.4 is 24.4 Å². The van der Waals surface area contributed by atoms with Gasteiger partial charge in [-0.3, -0.25) is 4.72 Å². The van der Waals surface area contributed by atoms with E-state index in [1.54, 1.807) is 4.72 Å². The van der Waals surface area contributed by atoms with E-state index in [0.29, 0.717) is 34.7 Å². The molecule has 2 aromatic carbocycles. The highest BCUT2D eigenvalue weighted by Crippen LogP contribution is 2.48. The lowest BCUT2D eigenvalue weighted by molar-refractivity contribution is -0.0429. The number of hydrogen-bond donors (Lipinski definition) is 2. The number of nitrogens with one attached hydrogen (secondary N) is 2. The number of methoxy groups -OCH3 is 2. The van der Waals surface area contributed by atoms with Crippen molar-refractivity contribution in [2.75, 3.05) is 36.9 Å². The maximum Gasteiger partial charge on any atom is 0.516 e. The molecule has 0 unspecified atom stereocenters. The Hall–Kier alpha value is -2.66. The van der Waals surface area contributed by atoms with Gasteiger partial charge in [-0.25, -0.2) is 0 Å². The molecule has 4 rings (SSSR count). The van der Waals surface area contributed by atoms with Gasteiger partial charge < -0.3 is 19.7 Å². The van der Waals surface area contributed by atoms with Crippen molar-refractivity contribution in [3.63, 3.8) is 0 Å². The number of ether oxygens (including phenoxy) is 2. The Morgan fingerprint density at radius 2 is 1.50 bits per heavy atom. The van der Waals surface area contributed by atoms with Gasteiger partial charge in [-0.15, -0.1) is 0 Å². The van der Waals surface area contributed by atoms with Gasteiger partial charge in [-0.2, -0.15) is 21.6 Å². The Bertz CT molecular complexity index is 1130. The summed E-state index contributed by atoms with van der Waals surface area (Å²) in [6.45, 7) is 2.39. The van der Waals surface area contributed by atoms with Gasteiger partial charge in [0.15, 0.2) is 0 Å². The van der Waals surface area contributed by atoms with Crippen LogP contribution in [0.3, 0.4) is 0 Å². The van der Waals surface area contributed by atoms with Crippen LogP contribution in [0.5, 0.6) is 11.5 Å². The van der Waals surface area contributed by atoms with Crippen LogP contribution in [0.2, 0.25) is 0 Å². The van der Waals surface area contributed by atoms with Crippen molar-refractivity contribution in [2.24, 2.45) is 0 Å². The highest BCUT2D eigenvalue weighted by molar-refractivity contribution is 7.93. The largest absolute Gasteiger partial charge is 0.516 e. The quantitative estimate of drug-likeness (QED) is 0.690. The summed E-state index contributed by atoms with van der Waals surface area (Å²) in [5, 5.41) is 3.24. The topological polar surface area (TPSA) is 79.9 Å². The van der Waals surface area contributed by atoms with Gasteiger partial charge in [-0.1, -0.05) is 0 Å².